The maximum atomic E-state index is 8.70. The van der Waals surface area contributed by atoms with Gasteiger partial charge in [-0.15, -0.1) is 0 Å². The van der Waals surface area contributed by atoms with Gasteiger partial charge in [-0.3, -0.25) is 0 Å². The number of halogens is 1. The quantitative estimate of drug-likeness (QED) is 0.474. The number of rotatable bonds is 0. The predicted molar refractivity (Wildman–Crippen MR) is 33.1 cm³/mol. The van der Waals surface area contributed by atoms with Crippen molar-refractivity contribution in [3.8, 4) is 5.75 Å². The molecule has 0 saturated heterocycles. The van der Waals surface area contributed by atoms with E-state index < -0.39 is 0 Å². The van der Waals surface area contributed by atoms with Gasteiger partial charge in [0.2, 0.25) is 0 Å². The molecular weight excluding hydrogens is 147 g/mol. The van der Waals surface area contributed by atoms with Crippen molar-refractivity contribution >= 4 is 11.6 Å². The molecule has 1 aromatic carbocycles. The van der Waals surface area contributed by atoms with Crippen molar-refractivity contribution < 1.29 is 34.7 Å². The van der Waals surface area contributed by atoms with Crippen LogP contribution in [0.4, 0.5) is 0 Å². The van der Waals surface area contributed by atoms with E-state index in [-0.39, 0.29) is 35.3 Å². The summed E-state index contributed by atoms with van der Waals surface area (Å²) in [4.78, 5) is 0. The Kier molecular flexibility index (Phi) is 4.32. The van der Waals surface area contributed by atoms with Crippen LogP contribution in [0.2, 0.25) is 5.02 Å². The van der Waals surface area contributed by atoms with Gasteiger partial charge in [-0.05, 0) is 24.3 Å². The molecule has 0 aliphatic heterocycles. The summed E-state index contributed by atoms with van der Waals surface area (Å²) < 4.78 is 0. The fourth-order valence-electron chi connectivity index (χ4n) is 0.441. The first kappa shape index (κ1) is 9.31. The molecule has 0 aromatic heterocycles. The van der Waals surface area contributed by atoms with Crippen molar-refractivity contribution in [1.29, 1.82) is 0 Å². The molecule has 1 N–H and O–H groups in total. The summed E-state index contributed by atoms with van der Waals surface area (Å²) in [5.41, 5.74) is 0. The average Bonchev–Trinajstić information content (AvgIpc) is 1.77. The summed E-state index contributed by atoms with van der Waals surface area (Å²) in [5.74, 6) is 0.245. The first-order valence-corrected chi connectivity index (χ1v) is 2.61. The van der Waals surface area contributed by atoms with Crippen LogP contribution in [0.5, 0.6) is 5.75 Å². The Morgan fingerprint density at radius 1 is 1.11 bits per heavy atom. The number of phenols is 1. The van der Waals surface area contributed by atoms with Crippen LogP contribution in [0.3, 0.4) is 0 Å². The summed E-state index contributed by atoms with van der Waals surface area (Å²) in [6.45, 7) is 0. The van der Waals surface area contributed by atoms with Gasteiger partial charge in [0.25, 0.3) is 0 Å². The maximum Gasteiger partial charge on any atom is 1.00 e. The standard InChI is InChI=1S/C6H5ClO.Na/c7-5-1-3-6(8)4-2-5;/h1-4,8H;/q;+1. The van der Waals surface area contributed by atoms with Crippen LogP contribution >= 0.6 is 11.6 Å². The SMILES string of the molecule is Oc1ccc(Cl)cc1.[Na+]. The molecule has 1 aromatic rings. The smallest absolute Gasteiger partial charge is 0.508 e. The van der Waals surface area contributed by atoms with Crippen LogP contribution in [-0.2, 0) is 0 Å². The zero-order valence-corrected chi connectivity index (χ0v) is 7.89. The molecule has 1 rings (SSSR count). The fourth-order valence-corrected chi connectivity index (χ4v) is 0.567. The number of benzene rings is 1. The molecule has 0 heterocycles. The second-order valence-electron chi connectivity index (χ2n) is 1.48. The topological polar surface area (TPSA) is 20.2 Å². The predicted octanol–water partition coefficient (Wildman–Crippen LogP) is -0.950. The van der Waals surface area contributed by atoms with Crippen LogP contribution in [0.25, 0.3) is 0 Å². The van der Waals surface area contributed by atoms with Gasteiger partial charge in [-0.25, -0.2) is 0 Å². The summed E-state index contributed by atoms with van der Waals surface area (Å²) in [7, 11) is 0. The second kappa shape index (κ2) is 4.18. The number of phenolic OH excluding ortho intramolecular Hbond substituents is 1. The van der Waals surface area contributed by atoms with Crippen molar-refractivity contribution in [2.24, 2.45) is 0 Å². The van der Waals surface area contributed by atoms with E-state index in [9.17, 15) is 0 Å². The third kappa shape index (κ3) is 3.11. The van der Waals surface area contributed by atoms with E-state index in [0.717, 1.165) is 0 Å². The zero-order chi connectivity index (χ0) is 5.98. The number of aromatic hydroxyl groups is 1. The molecular formula is C6H5ClNaO+. The van der Waals surface area contributed by atoms with Crippen molar-refractivity contribution in [1.82, 2.24) is 0 Å². The van der Waals surface area contributed by atoms with Gasteiger partial charge in [0, 0.05) is 5.02 Å². The van der Waals surface area contributed by atoms with Crippen molar-refractivity contribution in [2.45, 2.75) is 0 Å². The van der Waals surface area contributed by atoms with E-state index in [2.05, 4.69) is 0 Å². The van der Waals surface area contributed by atoms with E-state index >= 15 is 0 Å². The minimum absolute atomic E-state index is 0. The molecule has 0 fully saturated rings. The molecule has 0 atom stereocenters. The maximum absolute atomic E-state index is 8.70. The van der Waals surface area contributed by atoms with E-state index in [1.807, 2.05) is 0 Å². The molecule has 0 amide bonds. The molecule has 0 bridgehead atoms. The van der Waals surface area contributed by atoms with E-state index in [1.54, 1.807) is 24.3 Å². The van der Waals surface area contributed by atoms with Gasteiger partial charge >= 0.3 is 29.6 Å². The third-order valence-corrected chi connectivity index (χ3v) is 1.08. The van der Waals surface area contributed by atoms with Gasteiger partial charge in [0.1, 0.15) is 5.75 Å². The van der Waals surface area contributed by atoms with Crippen LogP contribution in [0.15, 0.2) is 24.3 Å². The summed E-state index contributed by atoms with van der Waals surface area (Å²) in [6.07, 6.45) is 0. The molecule has 0 unspecified atom stereocenters. The van der Waals surface area contributed by atoms with Crippen molar-refractivity contribution in [3.63, 3.8) is 0 Å². The molecule has 1 nitrogen and oxygen atoms in total. The Bertz CT molecular complexity index is 152. The summed E-state index contributed by atoms with van der Waals surface area (Å²) in [6, 6.07) is 6.36. The number of hydrogen-bond donors (Lipinski definition) is 1. The largest absolute Gasteiger partial charge is 1.00 e. The van der Waals surface area contributed by atoms with Gasteiger partial charge in [0.15, 0.2) is 0 Å². The van der Waals surface area contributed by atoms with Crippen LogP contribution in [0, 0.1) is 0 Å². The van der Waals surface area contributed by atoms with Gasteiger partial charge in [0.05, 0.1) is 0 Å². The zero-order valence-electron chi connectivity index (χ0n) is 5.13. The van der Waals surface area contributed by atoms with E-state index in [4.69, 9.17) is 16.7 Å². The van der Waals surface area contributed by atoms with Crippen LogP contribution in [-0.4, -0.2) is 5.11 Å². The first-order chi connectivity index (χ1) is 3.79. The second-order valence-corrected chi connectivity index (χ2v) is 1.91. The normalized spacial score (nSPS) is 8.11. The van der Waals surface area contributed by atoms with Crippen LogP contribution < -0.4 is 29.6 Å². The average molecular weight is 152 g/mol. The molecule has 9 heavy (non-hydrogen) atoms. The summed E-state index contributed by atoms with van der Waals surface area (Å²) in [5, 5.41) is 9.34. The van der Waals surface area contributed by atoms with Gasteiger partial charge in [-0.2, -0.15) is 0 Å². The van der Waals surface area contributed by atoms with Crippen LogP contribution in [0.1, 0.15) is 0 Å². The van der Waals surface area contributed by atoms with E-state index in [0.29, 0.717) is 5.02 Å². The molecule has 0 aliphatic rings. The summed E-state index contributed by atoms with van der Waals surface area (Å²) >= 11 is 5.50. The molecule has 0 aliphatic carbocycles. The van der Waals surface area contributed by atoms with Gasteiger partial charge < -0.3 is 5.11 Å². The Hall–Kier alpha value is 0.310. The molecule has 3 heteroatoms. The van der Waals surface area contributed by atoms with Crippen molar-refractivity contribution in [2.75, 3.05) is 0 Å². The number of hydrogen-bond acceptors (Lipinski definition) is 1. The minimum atomic E-state index is 0. The molecule has 0 spiro atoms. The Labute approximate surface area is 80.9 Å². The fraction of sp³-hybridized carbons (Fsp3) is 0. The van der Waals surface area contributed by atoms with Crippen molar-refractivity contribution in [3.05, 3.63) is 29.3 Å². The molecule has 42 valence electrons. The van der Waals surface area contributed by atoms with E-state index in [1.165, 1.54) is 0 Å². The Balaban J connectivity index is 0.000000640. The molecule has 0 radical (unpaired) electrons. The Morgan fingerprint density at radius 3 is 1.89 bits per heavy atom. The minimum Gasteiger partial charge on any atom is -0.508 e. The first-order valence-electron chi connectivity index (χ1n) is 2.23. The monoisotopic (exact) mass is 151 g/mol. The van der Waals surface area contributed by atoms with Gasteiger partial charge in [-0.1, -0.05) is 11.6 Å². The molecule has 0 saturated carbocycles. The Morgan fingerprint density at radius 2 is 1.56 bits per heavy atom. The third-order valence-electron chi connectivity index (χ3n) is 0.827.